The van der Waals surface area contributed by atoms with E-state index in [0.717, 1.165) is 0 Å². The van der Waals surface area contributed by atoms with E-state index >= 15 is 0 Å². The van der Waals surface area contributed by atoms with Crippen LogP contribution in [-0.2, 0) is 9.53 Å². The summed E-state index contributed by atoms with van der Waals surface area (Å²) in [5.41, 5.74) is 0.0584. The molecule has 2 aromatic carbocycles. The third-order valence-corrected chi connectivity index (χ3v) is 3.75. The second kappa shape index (κ2) is 7.65. The topological polar surface area (TPSA) is 103 Å². The van der Waals surface area contributed by atoms with Gasteiger partial charge in [0.05, 0.1) is 0 Å². The van der Waals surface area contributed by atoms with E-state index in [9.17, 15) is 19.2 Å². The minimum absolute atomic E-state index is 0.138. The molecule has 0 saturated carbocycles. The highest BCUT2D eigenvalue weighted by Crippen LogP contribution is 2.14. The van der Waals surface area contributed by atoms with Gasteiger partial charge < -0.3 is 14.5 Å². The zero-order chi connectivity index (χ0) is 19.4. The van der Waals surface area contributed by atoms with Gasteiger partial charge in [-0.3, -0.25) is 9.59 Å². The van der Waals surface area contributed by atoms with Gasteiger partial charge in [0.25, 0.3) is 5.91 Å². The summed E-state index contributed by atoms with van der Waals surface area (Å²) in [5, 5.41) is 3.08. The molecule has 0 aliphatic heterocycles. The SMILES string of the molecule is CC(=O)c1cccc(NC(=O)COC(=O)c2cc3ccccc3oc2=O)c1. The number of rotatable bonds is 5. The first kappa shape index (κ1) is 18.1. The van der Waals surface area contributed by atoms with Crippen LogP contribution in [-0.4, -0.2) is 24.3 Å². The van der Waals surface area contributed by atoms with Gasteiger partial charge in [-0.1, -0.05) is 30.3 Å². The Morgan fingerprint density at radius 2 is 1.81 bits per heavy atom. The summed E-state index contributed by atoms with van der Waals surface area (Å²) in [6, 6.07) is 14.4. The molecule has 0 aliphatic rings. The molecular weight excluding hydrogens is 350 g/mol. The highest BCUT2D eigenvalue weighted by molar-refractivity contribution is 5.98. The van der Waals surface area contributed by atoms with Crippen molar-refractivity contribution in [3.63, 3.8) is 0 Å². The number of amides is 1. The number of fused-ring (bicyclic) bond motifs is 1. The van der Waals surface area contributed by atoms with Gasteiger partial charge in [0.15, 0.2) is 12.4 Å². The predicted octanol–water partition coefficient (Wildman–Crippen LogP) is 2.79. The van der Waals surface area contributed by atoms with Crippen molar-refractivity contribution < 1.29 is 23.5 Å². The summed E-state index contributed by atoms with van der Waals surface area (Å²) in [7, 11) is 0. The van der Waals surface area contributed by atoms with Gasteiger partial charge >= 0.3 is 11.6 Å². The number of benzene rings is 2. The first-order chi connectivity index (χ1) is 12.9. The Morgan fingerprint density at radius 3 is 2.59 bits per heavy atom. The highest BCUT2D eigenvalue weighted by atomic mass is 16.5. The number of ether oxygens (including phenoxy) is 1. The zero-order valence-corrected chi connectivity index (χ0v) is 14.4. The monoisotopic (exact) mass is 365 g/mol. The molecule has 0 aliphatic carbocycles. The van der Waals surface area contributed by atoms with E-state index in [1.165, 1.54) is 19.1 Å². The largest absolute Gasteiger partial charge is 0.452 e. The van der Waals surface area contributed by atoms with Crippen LogP contribution in [0.4, 0.5) is 5.69 Å². The van der Waals surface area contributed by atoms with Crippen LogP contribution in [0.2, 0.25) is 0 Å². The average molecular weight is 365 g/mol. The third-order valence-electron chi connectivity index (χ3n) is 3.75. The summed E-state index contributed by atoms with van der Waals surface area (Å²) < 4.78 is 9.95. The fourth-order valence-electron chi connectivity index (χ4n) is 2.43. The van der Waals surface area contributed by atoms with Crippen molar-refractivity contribution in [2.45, 2.75) is 6.92 Å². The lowest BCUT2D eigenvalue weighted by Crippen LogP contribution is -2.23. The summed E-state index contributed by atoms with van der Waals surface area (Å²) in [5.74, 6) is -1.70. The van der Waals surface area contributed by atoms with Crippen molar-refractivity contribution in [3.8, 4) is 0 Å². The molecule has 0 saturated heterocycles. The lowest BCUT2D eigenvalue weighted by atomic mass is 10.1. The summed E-state index contributed by atoms with van der Waals surface area (Å²) in [6.45, 7) is 0.827. The van der Waals surface area contributed by atoms with Crippen LogP contribution in [0, 0.1) is 0 Å². The molecule has 0 radical (unpaired) electrons. The van der Waals surface area contributed by atoms with Crippen molar-refractivity contribution in [1.29, 1.82) is 0 Å². The fourth-order valence-corrected chi connectivity index (χ4v) is 2.43. The molecule has 1 amide bonds. The molecule has 7 heteroatoms. The summed E-state index contributed by atoms with van der Waals surface area (Å²) in [4.78, 5) is 47.3. The Hall–Kier alpha value is -3.74. The molecule has 7 nitrogen and oxygen atoms in total. The molecule has 1 heterocycles. The smallest absolute Gasteiger partial charge is 0.351 e. The number of hydrogen-bond donors (Lipinski definition) is 1. The van der Waals surface area contributed by atoms with E-state index in [1.54, 1.807) is 42.5 Å². The van der Waals surface area contributed by atoms with E-state index in [-0.39, 0.29) is 11.3 Å². The molecule has 3 aromatic rings. The van der Waals surface area contributed by atoms with Crippen LogP contribution < -0.4 is 10.9 Å². The molecule has 0 spiro atoms. The minimum atomic E-state index is -0.956. The maximum atomic E-state index is 12.1. The van der Waals surface area contributed by atoms with Crippen molar-refractivity contribution in [2.75, 3.05) is 11.9 Å². The van der Waals surface area contributed by atoms with Gasteiger partial charge in [-0.15, -0.1) is 0 Å². The molecule has 27 heavy (non-hydrogen) atoms. The Labute approximate surface area is 153 Å². The lowest BCUT2D eigenvalue weighted by Gasteiger charge is -2.07. The van der Waals surface area contributed by atoms with Crippen LogP contribution in [0.15, 0.2) is 63.8 Å². The van der Waals surface area contributed by atoms with Gasteiger partial charge in [-0.05, 0) is 31.2 Å². The molecule has 1 aromatic heterocycles. The lowest BCUT2D eigenvalue weighted by molar-refractivity contribution is -0.119. The number of ketones is 1. The number of carbonyl (C=O) groups excluding carboxylic acids is 3. The normalized spacial score (nSPS) is 10.4. The summed E-state index contributed by atoms with van der Waals surface area (Å²) in [6.07, 6.45) is 0. The van der Waals surface area contributed by atoms with Crippen molar-refractivity contribution in [1.82, 2.24) is 0 Å². The van der Waals surface area contributed by atoms with E-state index in [1.807, 2.05) is 0 Å². The van der Waals surface area contributed by atoms with E-state index in [2.05, 4.69) is 5.32 Å². The van der Waals surface area contributed by atoms with Crippen LogP contribution in [0.5, 0.6) is 0 Å². The standard InChI is InChI=1S/C20H15NO6/c1-12(22)13-6-4-7-15(9-13)21-18(23)11-26-19(24)16-10-14-5-2-3-8-17(14)27-20(16)25/h2-10H,11H2,1H3,(H,21,23). The third kappa shape index (κ3) is 4.27. The first-order valence-electron chi connectivity index (χ1n) is 8.05. The van der Waals surface area contributed by atoms with E-state index in [4.69, 9.17) is 9.15 Å². The van der Waals surface area contributed by atoms with Crippen LogP contribution in [0.25, 0.3) is 11.0 Å². The van der Waals surface area contributed by atoms with Gasteiger partial charge in [-0.2, -0.15) is 0 Å². The van der Waals surface area contributed by atoms with Gasteiger partial charge in [0, 0.05) is 16.6 Å². The zero-order valence-electron chi connectivity index (χ0n) is 14.4. The Morgan fingerprint density at radius 1 is 1.04 bits per heavy atom. The number of Topliss-reactive ketones (excluding diaryl/α,β-unsaturated/α-hetero) is 1. The molecule has 0 bridgehead atoms. The molecule has 1 N–H and O–H groups in total. The maximum absolute atomic E-state index is 12.1. The Kier molecular flexibility index (Phi) is 5.12. The fraction of sp³-hybridized carbons (Fsp3) is 0.100. The van der Waals surface area contributed by atoms with Crippen molar-refractivity contribution in [2.24, 2.45) is 0 Å². The first-order valence-corrected chi connectivity index (χ1v) is 8.05. The number of hydrogen-bond acceptors (Lipinski definition) is 6. The predicted molar refractivity (Wildman–Crippen MR) is 97.8 cm³/mol. The van der Waals surface area contributed by atoms with Gasteiger partial charge in [0.2, 0.25) is 0 Å². The molecule has 136 valence electrons. The Bertz CT molecular complexity index is 1100. The van der Waals surface area contributed by atoms with Crippen molar-refractivity contribution in [3.05, 3.63) is 76.1 Å². The quantitative estimate of drug-likeness (QED) is 0.424. The van der Waals surface area contributed by atoms with E-state index < -0.39 is 24.1 Å². The number of carbonyl (C=O) groups is 3. The number of para-hydroxylation sites is 1. The second-order valence-electron chi connectivity index (χ2n) is 5.75. The maximum Gasteiger partial charge on any atom is 0.351 e. The second-order valence-corrected chi connectivity index (χ2v) is 5.75. The Balaban J connectivity index is 1.66. The van der Waals surface area contributed by atoms with Crippen LogP contribution >= 0.6 is 0 Å². The minimum Gasteiger partial charge on any atom is -0.452 e. The number of anilines is 1. The molecule has 0 atom stereocenters. The molecule has 3 rings (SSSR count). The molecule has 0 fully saturated rings. The van der Waals surface area contributed by atoms with Gasteiger partial charge in [-0.25, -0.2) is 9.59 Å². The van der Waals surface area contributed by atoms with Crippen LogP contribution in [0.1, 0.15) is 27.6 Å². The number of esters is 1. The molecule has 0 unspecified atom stereocenters. The van der Waals surface area contributed by atoms with E-state index in [0.29, 0.717) is 22.2 Å². The van der Waals surface area contributed by atoms with Crippen LogP contribution in [0.3, 0.4) is 0 Å². The van der Waals surface area contributed by atoms with Gasteiger partial charge in [0.1, 0.15) is 11.1 Å². The average Bonchev–Trinajstić information content (AvgIpc) is 2.65. The summed E-state index contributed by atoms with van der Waals surface area (Å²) >= 11 is 0. The van der Waals surface area contributed by atoms with Crippen molar-refractivity contribution >= 4 is 34.3 Å². The molecular formula is C20H15NO6. The highest BCUT2D eigenvalue weighted by Gasteiger charge is 2.16. The number of nitrogens with one attached hydrogen (secondary N) is 1.